The predicted molar refractivity (Wildman–Crippen MR) is 66.0 cm³/mol. The Kier molecular flexibility index (Phi) is 5.07. The van der Waals surface area contributed by atoms with E-state index in [1.165, 1.54) is 13.2 Å². The van der Waals surface area contributed by atoms with Crippen LogP contribution in [0.5, 0.6) is 0 Å². The lowest BCUT2D eigenvalue weighted by Gasteiger charge is -2.19. The standard InChI is InChI=1S/C13H15NO4/c1-3-10(12(15)16)14-11(13(17)18-2)9-7-5-4-6-8-9/h3-8,10-11,14H,1H2,2H3,(H,15,16). The van der Waals surface area contributed by atoms with Crippen LogP contribution in [0.4, 0.5) is 0 Å². The van der Waals surface area contributed by atoms with Crippen molar-refractivity contribution in [2.24, 2.45) is 0 Å². The van der Waals surface area contributed by atoms with Crippen LogP contribution in [0.1, 0.15) is 11.6 Å². The fourth-order valence-corrected chi connectivity index (χ4v) is 1.48. The Balaban J connectivity index is 2.96. The number of hydrogen-bond acceptors (Lipinski definition) is 4. The first-order chi connectivity index (χ1) is 8.60. The van der Waals surface area contributed by atoms with E-state index in [-0.39, 0.29) is 0 Å². The summed E-state index contributed by atoms with van der Waals surface area (Å²) in [6.07, 6.45) is 1.22. The van der Waals surface area contributed by atoms with Gasteiger partial charge in [0.15, 0.2) is 0 Å². The highest BCUT2D eigenvalue weighted by molar-refractivity contribution is 5.80. The largest absolute Gasteiger partial charge is 0.480 e. The molecule has 2 N–H and O–H groups in total. The molecule has 0 aromatic heterocycles. The minimum Gasteiger partial charge on any atom is -0.480 e. The lowest BCUT2D eigenvalue weighted by molar-refractivity contribution is -0.144. The molecule has 0 saturated heterocycles. The maximum absolute atomic E-state index is 11.7. The number of methoxy groups -OCH3 is 1. The van der Waals surface area contributed by atoms with Crippen molar-refractivity contribution in [1.29, 1.82) is 0 Å². The Morgan fingerprint density at radius 1 is 1.39 bits per heavy atom. The van der Waals surface area contributed by atoms with E-state index in [2.05, 4.69) is 16.6 Å². The van der Waals surface area contributed by atoms with Gasteiger partial charge < -0.3 is 9.84 Å². The third-order valence-corrected chi connectivity index (χ3v) is 2.42. The van der Waals surface area contributed by atoms with Gasteiger partial charge in [-0.3, -0.25) is 10.1 Å². The highest BCUT2D eigenvalue weighted by atomic mass is 16.5. The van der Waals surface area contributed by atoms with Crippen LogP contribution in [0.25, 0.3) is 0 Å². The zero-order valence-electron chi connectivity index (χ0n) is 10.00. The lowest BCUT2D eigenvalue weighted by Crippen LogP contribution is -2.41. The third kappa shape index (κ3) is 3.43. The highest BCUT2D eigenvalue weighted by Gasteiger charge is 2.26. The number of ether oxygens (including phenoxy) is 1. The molecule has 5 heteroatoms. The SMILES string of the molecule is C=CC(NC(C(=O)OC)c1ccccc1)C(=O)O. The van der Waals surface area contributed by atoms with E-state index in [1.807, 2.05) is 0 Å². The first kappa shape index (κ1) is 13.9. The van der Waals surface area contributed by atoms with Crippen LogP contribution in [0.3, 0.4) is 0 Å². The molecule has 0 spiro atoms. The number of nitrogens with one attached hydrogen (secondary N) is 1. The second kappa shape index (κ2) is 6.56. The average molecular weight is 249 g/mol. The summed E-state index contributed by atoms with van der Waals surface area (Å²) in [6, 6.07) is 6.91. The zero-order valence-corrected chi connectivity index (χ0v) is 10.00. The number of carboxylic acids is 1. The van der Waals surface area contributed by atoms with Gasteiger partial charge in [-0.05, 0) is 5.56 Å². The summed E-state index contributed by atoms with van der Waals surface area (Å²) in [6.45, 7) is 3.42. The van der Waals surface area contributed by atoms with Crippen LogP contribution < -0.4 is 5.32 Å². The Labute approximate surface area is 105 Å². The van der Waals surface area contributed by atoms with Crippen molar-refractivity contribution in [3.05, 3.63) is 48.6 Å². The molecule has 0 bridgehead atoms. The molecule has 2 unspecified atom stereocenters. The maximum atomic E-state index is 11.7. The molecule has 0 fully saturated rings. The van der Waals surface area contributed by atoms with E-state index in [0.717, 1.165) is 0 Å². The first-order valence-corrected chi connectivity index (χ1v) is 5.34. The molecular formula is C13H15NO4. The summed E-state index contributed by atoms with van der Waals surface area (Å²) < 4.78 is 4.66. The number of rotatable bonds is 6. The molecule has 2 atom stereocenters. The molecule has 0 amide bonds. The molecule has 0 aliphatic rings. The minimum atomic E-state index is -1.10. The van der Waals surface area contributed by atoms with Crippen molar-refractivity contribution in [2.75, 3.05) is 7.11 Å². The van der Waals surface area contributed by atoms with Gasteiger partial charge in [0, 0.05) is 0 Å². The van der Waals surface area contributed by atoms with Gasteiger partial charge >= 0.3 is 11.9 Å². The molecule has 0 heterocycles. The maximum Gasteiger partial charge on any atom is 0.327 e. The molecule has 18 heavy (non-hydrogen) atoms. The number of esters is 1. The molecule has 0 aliphatic carbocycles. The molecule has 1 rings (SSSR count). The van der Waals surface area contributed by atoms with Crippen LogP contribution >= 0.6 is 0 Å². The number of hydrogen-bond donors (Lipinski definition) is 2. The Morgan fingerprint density at radius 3 is 2.44 bits per heavy atom. The quantitative estimate of drug-likeness (QED) is 0.584. The Morgan fingerprint density at radius 2 is 2.00 bits per heavy atom. The topological polar surface area (TPSA) is 75.6 Å². The smallest absolute Gasteiger partial charge is 0.327 e. The van der Waals surface area contributed by atoms with Crippen molar-refractivity contribution < 1.29 is 19.4 Å². The summed E-state index contributed by atoms with van der Waals surface area (Å²) in [5.74, 6) is -1.65. The molecule has 0 radical (unpaired) electrons. The van der Waals surface area contributed by atoms with E-state index >= 15 is 0 Å². The second-order valence-electron chi connectivity index (χ2n) is 3.59. The van der Waals surface area contributed by atoms with E-state index in [9.17, 15) is 9.59 Å². The highest BCUT2D eigenvalue weighted by Crippen LogP contribution is 2.15. The average Bonchev–Trinajstić information content (AvgIpc) is 2.39. The number of benzene rings is 1. The van der Waals surface area contributed by atoms with Gasteiger partial charge in [0.25, 0.3) is 0 Å². The van der Waals surface area contributed by atoms with Crippen LogP contribution in [-0.4, -0.2) is 30.2 Å². The van der Waals surface area contributed by atoms with Crippen LogP contribution in [-0.2, 0) is 14.3 Å². The van der Waals surface area contributed by atoms with Crippen molar-refractivity contribution in [3.63, 3.8) is 0 Å². The summed E-state index contributed by atoms with van der Waals surface area (Å²) in [4.78, 5) is 22.6. The number of aliphatic carboxylic acids is 1. The summed E-state index contributed by atoms with van der Waals surface area (Å²) >= 11 is 0. The van der Waals surface area contributed by atoms with Crippen molar-refractivity contribution >= 4 is 11.9 Å². The molecule has 1 aromatic rings. The normalized spacial score (nSPS) is 13.4. The monoisotopic (exact) mass is 249 g/mol. The van der Waals surface area contributed by atoms with Crippen molar-refractivity contribution in [2.45, 2.75) is 12.1 Å². The first-order valence-electron chi connectivity index (χ1n) is 5.34. The van der Waals surface area contributed by atoms with E-state index in [4.69, 9.17) is 5.11 Å². The number of carboxylic acid groups (broad SMARTS) is 1. The van der Waals surface area contributed by atoms with Crippen LogP contribution in [0, 0.1) is 0 Å². The van der Waals surface area contributed by atoms with Gasteiger partial charge in [-0.2, -0.15) is 0 Å². The van der Waals surface area contributed by atoms with Gasteiger partial charge in [0.05, 0.1) is 7.11 Å². The molecule has 96 valence electrons. The van der Waals surface area contributed by atoms with Crippen molar-refractivity contribution in [1.82, 2.24) is 5.32 Å². The summed E-state index contributed by atoms with van der Waals surface area (Å²) in [7, 11) is 1.25. The van der Waals surface area contributed by atoms with E-state index < -0.39 is 24.0 Å². The summed E-state index contributed by atoms with van der Waals surface area (Å²) in [5, 5.41) is 11.6. The van der Waals surface area contributed by atoms with Crippen LogP contribution in [0.2, 0.25) is 0 Å². The fourth-order valence-electron chi connectivity index (χ4n) is 1.48. The van der Waals surface area contributed by atoms with Gasteiger partial charge in [-0.1, -0.05) is 36.4 Å². The van der Waals surface area contributed by atoms with Gasteiger partial charge in [-0.15, -0.1) is 6.58 Å². The van der Waals surface area contributed by atoms with Gasteiger partial charge in [-0.25, -0.2) is 4.79 Å². The second-order valence-corrected chi connectivity index (χ2v) is 3.59. The fraction of sp³-hybridized carbons (Fsp3) is 0.231. The predicted octanol–water partition coefficient (Wildman–Crippen LogP) is 1.13. The van der Waals surface area contributed by atoms with E-state index in [0.29, 0.717) is 5.56 Å². The Bertz CT molecular complexity index is 430. The third-order valence-electron chi connectivity index (χ3n) is 2.42. The van der Waals surface area contributed by atoms with Gasteiger partial charge in [0.2, 0.25) is 0 Å². The summed E-state index contributed by atoms with van der Waals surface area (Å²) in [5.41, 5.74) is 0.637. The molecule has 0 saturated carbocycles. The molecule has 1 aromatic carbocycles. The number of carbonyl (C=O) groups excluding carboxylic acids is 1. The minimum absolute atomic E-state index is 0.547. The van der Waals surface area contributed by atoms with Crippen LogP contribution in [0.15, 0.2) is 43.0 Å². The molecule has 5 nitrogen and oxygen atoms in total. The Hall–Kier alpha value is -2.14. The molecular weight excluding hydrogens is 234 g/mol. The van der Waals surface area contributed by atoms with E-state index in [1.54, 1.807) is 30.3 Å². The zero-order chi connectivity index (χ0) is 13.5. The van der Waals surface area contributed by atoms with Gasteiger partial charge in [0.1, 0.15) is 12.1 Å². The molecule has 0 aliphatic heterocycles. The van der Waals surface area contributed by atoms with Crippen molar-refractivity contribution in [3.8, 4) is 0 Å². The lowest BCUT2D eigenvalue weighted by atomic mass is 10.1. The number of carbonyl (C=O) groups is 2.